The van der Waals surface area contributed by atoms with Crippen molar-refractivity contribution >= 4 is 5.97 Å². The van der Waals surface area contributed by atoms with Gasteiger partial charge in [-0.2, -0.15) is 5.26 Å². The van der Waals surface area contributed by atoms with Crippen molar-refractivity contribution in [3.05, 3.63) is 0 Å². The third kappa shape index (κ3) is 2.11. The molecular weight excluding hydrogens is 170 g/mol. The molecule has 13 heavy (non-hydrogen) atoms. The standard InChI is InChI=1S/C9H15NO3/c1-5-9(7(2)3,13-6-10)8(11)12-4/h7H,5H2,1-4H3. The van der Waals surface area contributed by atoms with Gasteiger partial charge in [0.25, 0.3) is 6.26 Å². The monoisotopic (exact) mass is 185 g/mol. The highest BCUT2D eigenvalue weighted by Crippen LogP contribution is 2.26. The summed E-state index contributed by atoms with van der Waals surface area (Å²) in [5, 5.41) is 8.45. The van der Waals surface area contributed by atoms with Crippen molar-refractivity contribution in [1.82, 2.24) is 0 Å². The van der Waals surface area contributed by atoms with Crippen LogP contribution in [-0.4, -0.2) is 18.7 Å². The van der Waals surface area contributed by atoms with E-state index in [-0.39, 0.29) is 5.92 Å². The third-order valence-electron chi connectivity index (χ3n) is 2.22. The van der Waals surface area contributed by atoms with Gasteiger partial charge in [-0.1, -0.05) is 20.8 Å². The summed E-state index contributed by atoms with van der Waals surface area (Å²) < 4.78 is 9.43. The van der Waals surface area contributed by atoms with Crippen LogP contribution in [0.1, 0.15) is 27.2 Å². The molecule has 0 fully saturated rings. The second-order valence-corrected chi connectivity index (χ2v) is 3.08. The van der Waals surface area contributed by atoms with E-state index in [1.54, 1.807) is 13.2 Å². The first-order chi connectivity index (χ1) is 6.05. The lowest BCUT2D eigenvalue weighted by molar-refractivity contribution is -0.167. The van der Waals surface area contributed by atoms with Crippen LogP contribution in [0.3, 0.4) is 0 Å². The average molecular weight is 185 g/mol. The predicted molar refractivity (Wildman–Crippen MR) is 46.6 cm³/mol. The molecule has 0 aromatic carbocycles. The van der Waals surface area contributed by atoms with E-state index in [9.17, 15) is 4.79 Å². The summed E-state index contributed by atoms with van der Waals surface area (Å²) in [5.74, 6) is -0.587. The van der Waals surface area contributed by atoms with Gasteiger partial charge in [-0.05, 0) is 6.42 Å². The predicted octanol–water partition coefficient (Wildman–Crippen LogP) is 1.46. The highest BCUT2D eigenvalue weighted by atomic mass is 16.6. The molecule has 0 bridgehead atoms. The van der Waals surface area contributed by atoms with Crippen molar-refractivity contribution in [1.29, 1.82) is 5.26 Å². The van der Waals surface area contributed by atoms with Crippen LogP contribution in [-0.2, 0) is 14.3 Å². The minimum absolute atomic E-state index is 0.0930. The number of rotatable bonds is 4. The Kier molecular flexibility index (Phi) is 4.26. The minimum atomic E-state index is -1.12. The maximum Gasteiger partial charge on any atom is 0.351 e. The zero-order chi connectivity index (χ0) is 10.5. The van der Waals surface area contributed by atoms with E-state index in [2.05, 4.69) is 4.74 Å². The van der Waals surface area contributed by atoms with E-state index in [1.807, 2.05) is 13.8 Å². The van der Waals surface area contributed by atoms with Gasteiger partial charge in [-0.15, -0.1) is 0 Å². The lowest BCUT2D eigenvalue weighted by Gasteiger charge is -2.30. The molecule has 0 saturated heterocycles. The van der Waals surface area contributed by atoms with Crippen molar-refractivity contribution in [3.63, 3.8) is 0 Å². The summed E-state index contributed by atoms with van der Waals surface area (Å²) in [6.07, 6.45) is 1.98. The molecule has 1 atom stereocenters. The van der Waals surface area contributed by atoms with Crippen molar-refractivity contribution in [2.45, 2.75) is 32.8 Å². The van der Waals surface area contributed by atoms with E-state index < -0.39 is 11.6 Å². The van der Waals surface area contributed by atoms with E-state index in [1.165, 1.54) is 7.11 Å². The average Bonchev–Trinajstić information content (AvgIpc) is 2.12. The Bertz CT molecular complexity index is 219. The maximum atomic E-state index is 11.4. The van der Waals surface area contributed by atoms with Gasteiger partial charge in [0, 0.05) is 5.92 Å². The van der Waals surface area contributed by atoms with Crippen LogP contribution in [0.15, 0.2) is 0 Å². The molecule has 74 valence electrons. The second kappa shape index (κ2) is 4.70. The summed E-state index contributed by atoms with van der Waals surface area (Å²) in [6, 6.07) is 0. The number of nitrogens with zero attached hydrogens (tertiary/aromatic N) is 1. The second-order valence-electron chi connectivity index (χ2n) is 3.08. The first-order valence-corrected chi connectivity index (χ1v) is 4.20. The molecule has 0 N–H and O–H groups in total. The van der Waals surface area contributed by atoms with E-state index in [0.29, 0.717) is 6.42 Å². The van der Waals surface area contributed by atoms with Crippen LogP contribution in [0.4, 0.5) is 0 Å². The Hall–Kier alpha value is -1.24. The SMILES string of the molecule is CCC(OC#N)(C(=O)OC)C(C)C. The van der Waals surface area contributed by atoms with Gasteiger partial charge in [0.15, 0.2) is 0 Å². The molecule has 0 heterocycles. The normalized spacial score (nSPS) is 14.5. The van der Waals surface area contributed by atoms with E-state index >= 15 is 0 Å². The molecular formula is C9H15NO3. The molecule has 0 aliphatic heterocycles. The lowest BCUT2D eigenvalue weighted by atomic mass is 9.87. The fraction of sp³-hybridized carbons (Fsp3) is 0.778. The molecule has 0 saturated carbocycles. The zero-order valence-electron chi connectivity index (χ0n) is 8.46. The fourth-order valence-corrected chi connectivity index (χ4v) is 1.27. The number of ether oxygens (including phenoxy) is 2. The third-order valence-corrected chi connectivity index (χ3v) is 2.22. The van der Waals surface area contributed by atoms with Crippen molar-refractivity contribution in [2.75, 3.05) is 7.11 Å². The molecule has 0 amide bonds. The van der Waals surface area contributed by atoms with Crippen LogP contribution in [0.5, 0.6) is 0 Å². The Labute approximate surface area is 78.4 Å². The molecule has 0 aliphatic carbocycles. The van der Waals surface area contributed by atoms with Gasteiger partial charge in [-0.25, -0.2) is 4.79 Å². The quantitative estimate of drug-likeness (QED) is 0.491. The molecule has 0 aromatic rings. The van der Waals surface area contributed by atoms with Crippen LogP contribution < -0.4 is 0 Å². The summed E-state index contributed by atoms with van der Waals surface area (Å²) in [5.41, 5.74) is -1.12. The van der Waals surface area contributed by atoms with Crippen LogP contribution in [0.2, 0.25) is 0 Å². The molecule has 4 nitrogen and oxygen atoms in total. The summed E-state index contributed by atoms with van der Waals surface area (Å²) in [7, 11) is 1.29. The van der Waals surface area contributed by atoms with Gasteiger partial charge in [0.05, 0.1) is 7.11 Å². The summed E-state index contributed by atoms with van der Waals surface area (Å²) in [6.45, 7) is 5.42. The summed E-state index contributed by atoms with van der Waals surface area (Å²) >= 11 is 0. The molecule has 0 radical (unpaired) electrons. The highest BCUT2D eigenvalue weighted by molar-refractivity contribution is 5.79. The van der Waals surface area contributed by atoms with Gasteiger partial charge in [0.2, 0.25) is 5.60 Å². The number of hydrogen-bond donors (Lipinski definition) is 0. The molecule has 0 aliphatic rings. The fourth-order valence-electron chi connectivity index (χ4n) is 1.27. The van der Waals surface area contributed by atoms with Crippen LogP contribution >= 0.6 is 0 Å². The number of nitriles is 1. The minimum Gasteiger partial charge on any atom is -0.466 e. The van der Waals surface area contributed by atoms with E-state index in [0.717, 1.165) is 0 Å². The Morgan fingerprint density at radius 3 is 2.38 bits per heavy atom. The number of hydrogen-bond acceptors (Lipinski definition) is 4. The maximum absolute atomic E-state index is 11.4. The number of esters is 1. The topological polar surface area (TPSA) is 59.3 Å². The Morgan fingerprint density at radius 2 is 2.15 bits per heavy atom. The van der Waals surface area contributed by atoms with Crippen LogP contribution in [0, 0.1) is 17.4 Å². The van der Waals surface area contributed by atoms with E-state index in [4.69, 9.17) is 10.00 Å². The Balaban J connectivity index is 4.88. The Morgan fingerprint density at radius 1 is 1.62 bits per heavy atom. The number of carbonyl (C=O) groups is 1. The van der Waals surface area contributed by atoms with Crippen molar-refractivity contribution in [3.8, 4) is 6.26 Å². The smallest absolute Gasteiger partial charge is 0.351 e. The first-order valence-electron chi connectivity index (χ1n) is 4.20. The van der Waals surface area contributed by atoms with Gasteiger partial charge in [0.1, 0.15) is 0 Å². The largest absolute Gasteiger partial charge is 0.466 e. The van der Waals surface area contributed by atoms with Gasteiger partial charge < -0.3 is 9.47 Å². The number of carbonyl (C=O) groups excluding carboxylic acids is 1. The van der Waals surface area contributed by atoms with Crippen LogP contribution in [0.25, 0.3) is 0 Å². The molecule has 0 aromatic heterocycles. The first kappa shape index (κ1) is 11.8. The molecule has 0 spiro atoms. The number of methoxy groups -OCH3 is 1. The highest BCUT2D eigenvalue weighted by Gasteiger charge is 2.43. The zero-order valence-corrected chi connectivity index (χ0v) is 8.46. The van der Waals surface area contributed by atoms with Crippen molar-refractivity contribution in [2.24, 2.45) is 5.92 Å². The van der Waals surface area contributed by atoms with Gasteiger partial charge >= 0.3 is 5.97 Å². The molecule has 0 rings (SSSR count). The molecule has 4 heteroatoms. The van der Waals surface area contributed by atoms with Gasteiger partial charge in [-0.3, -0.25) is 0 Å². The lowest BCUT2D eigenvalue weighted by Crippen LogP contribution is -2.45. The summed E-state index contributed by atoms with van der Waals surface area (Å²) in [4.78, 5) is 11.4. The van der Waals surface area contributed by atoms with Crippen molar-refractivity contribution < 1.29 is 14.3 Å². The molecule has 1 unspecified atom stereocenters.